The predicted molar refractivity (Wildman–Crippen MR) is 90.0 cm³/mol. The Bertz CT molecular complexity index is 636. The molecule has 1 aromatic heterocycles. The van der Waals surface area contributed by atoms with E-state index in [0.29, 0.717) is 22.8 Å². The van der Waals surface area contributed by atoms with Gasteiger partial charge in [0.25, 0.3) is 0 Å². The zero-order valence-corrected chi connectivity index (χ0v) is 14.6. The van der Waals surface area contributed by atoms with E-state index >= 15 is 0 Å². The Morgan fingerprint density at radius 2 is 2.33 bits per heavy atom. The van der Waals surface area contributed by atoms with E-state index in [2.05, 4.69) is 38.3 Å². The highest BCUT2D eigenvalue weighted by atomic mass is 79.9. The van der Waals surface area contributed by atoms with Gasteiger partial charge in [-0.15, -0.1) is 0 Å². The van der Waals surface area contributed by atoms with E-state index in [9.17, 15) is 0 Å². The third-order valence-corrected chi connectivity index (χ3v) is 5.89. The van der Waals surface area contributed by atoms with Crippen LogP contribution in [-0.4, -0.2) is 34.2 Å². The van der Waals surface area contributed by atoms with E-state index in [-0.39, 0.29) is 5.92 Å². The Labute approximate surface area is 141 Å². The molecule has 21 heavy (non-hydrogen) atoms. The first kappa shape index (κ1) is 15.3. The molecule has 0 aliphatic carbocycles. The van der Waals surface area contributed by atoms with Crippen molar-refractivity contribution in [2.24, 2.45) is 0 Å². The summed E-state index contributed by atoms with van der Waals surface area (Å²) in [7, 11) is 0. The molecule has 3 rings (SSSR count). The molecule has 0 saturated carbocycles. The minimum absolute atomic E-state index is 0.284. The van der Waals surface area contributed by atoms with Crippen LogP contribution in [0.4, 0.5) is 0 Å². The summed E-state index contributed by atoms with van der Waals surface area (Å²) in [6.07, 6.45) is 0. The SMILES string of the molecule is CCNC1CSCC1c1nc(-c2ccc(Cl)c(Br)c2)no1. The molecule has 2 unspecified atom stereocenters. The first-order valence-electron chi connectivity index (χ1n) is 6.79. The van der Waals surface area contributed by atoms with Gasteiger partial charge in [0.2, 0.25) is 11.7 Å². The van der Waals surface area contributed by atoms with Crippen molar-refractivity contribution in [3.05, 3.63) is 33.6 Å². The molecule has 0 radical (unpaired) electrons. The zero-order chi connectivity index (χ0) is 14.8. The first-order chi connectivity index (χ1) is 10.2. The molecule has 1 aliphatic rings. The van der Waals surface area contributed by atoms with Crippen LogP contribution in [0, 0.1) is 0 Å². The summed E-state index contributed by atoms with van der Waals surface area (Å²) >= 11 is 11.3. The van der Waals surface area contributed by atoms with Crippen LogP contribution in [0.5, 0.6) is 0 Å². The summed E-state index contributed by atoms with van der Waals surface area (Å²) in [6.45, 7) is 3.07. The molecular weight excluding hydrogens is 374 g/mol. The first-order valence-corrected chi connectivity index (χ1v) is 9.11. The molecule has 7 heteroatoms. The third kappa shape index (κ3) is 3.28. The van der Waals surface area contributed by atoms with Gasteiger partial charge in [-0.3, -0.25) is 0 Å². The molecule has 1 aliphatic heterocycles. The van der Waals surface area contributed by atoms with Crippen molar-refractivity contribution in [1.82, 2.24) is 15.5 Å². The van der Waals surface area contributed by atoms with Crippen LogP contribution in [0.15, 0.2) is 27.2 Å². The molecule has 1 saturated heterocycles. The van der Waals surface area contributed by atoms with Crippen LogP contribution in [0.3, 0.4) is 0 Å². The number of hydrogen-bond donors (Lipinski definition) is 1. The Kier molecular flexibility index (Phi) is 4.88. The van der Waals surface area contributed by atoms with Gasteiger partial charge in [0.15, 0.2) is 0 Å². The van der Waals surface area contributed by atoms with Gasteiger partial charge in [-0.2, -0.15) is 16.7 Å². The molecule has 2 heterocycles. The van der Waals surface area contributed by atoms with Crippen molar-refractivity contribution in [1.29, 1.82) is 0 Å². The van der Waals surface area contributed by atoms with Gasteiger partial charge in [-0.1, -0.05) is 23.7 Å². The van der Waals surface area contributed by atoms with Crippen molar-refractivity contribution in [2.45, 2.75) is 18.9 Å². The summed E-state index contributed by atoms with van der Waals surface area (Å²) < 4.78 is 6.32. The molecular formula is C14H15BrClN3OS. The molecule has 1 fully saturated rings. The lowest BCUT2D eigenvalue weighted by molar-refractivity contribution is 0.340. The van der Waals surface area contributed by atoms with Crippen molar-refractivity contribution in [3.63, 3.8) is 0 Å². The average Bonchev–Trinajstić information content (AvgIpc) is 3.10. The lowest BCUT2D eigenvalue weighted by Gasteiger charge is -2.15. The van der Waals surface area contributed by atoms with Crippen LogP contribution in [-0.2, 0) is 0 Å². The Hall–Kier alpha value is -0.560. The van der Waals surface area contributed by atoms with Gasteiger partial charge < -0.3 is 9.84 Å². The zero-order valence-electron chi connectivity index (χ0n) is 11.5. The second-order valence-electron chi connectivity index (χ2n) is 4.89. The maximum atomic E-state index is 6.01. The van der Waals surface area contributed by atoms with Crippen LogP contribution in [0.2, 0.25) is 5.02 Å². The number of hydrogen-bond acceptors (Lipinski definition) is 5. The number of rotatable bonds is 4. The summed E-state index contributed by atoms with van der Waals surface area (Å²) in [5.41, 5.74) is 0.895. The minimum atomic E-state index is 0.284. The summed E-state index contributed by atoms with van der Waals surface area (Å²) in [4.78, 5) is 4.57. The normalized spacial score (nSPS) is 21.9. The third-order valence-electron chi connectivity index (χ3n) is 3.48. The maximum absolute atomic E-state index is 6.01. The van der Waals surface area contributed by atoms with Crippen molar-refractivity contribution >= 4 is 39.3 Å². The Morgan fingerprint density at radius 1 is 1.48 bits per heavy atom. The van der Waals surface area contributed by atoms with Gasteiger partial charge in [0, 0.05) is 27.6 Å². The largest absolute Gasteiger partial charge is 0.339 e. The fourth-order valence-corrected chi connectivity index (χ4v) is 4.26. The fourth-order valence-electron chi connectivity index (χ4n) is 2.40. The lowest BCUT2D eigenvalue weighted by atomic mass is 10.0. The number of thioether (sulfide) groups is 1. The van der Waals surface area contributed by atoms with Gasteiger partial charge in [-0.25, -0.2) is 0 Å². The quantitative estimate of drug-likeness (QED) is 0.859. The highest BCUT2D eigenvalue weighted by molar-refractivity contribution is 9.10. The topological polar surface area (TPSA) is 51.0 Å². The highest BCUT2D eigenvalue weighted by Gasteiger charge is 2.33. The number of benzene rings is 1. The molecule has 0 bridgehead atoms. The Morgan fingerprint density at radius 3 is 3.10 bits per heavy atom. The highest BCUT2D eigenvalue weighted by Crippen LogP contribution is 2.33. The average molecular weight is 389 g/mol. The summed E-state index contributed by atoms with van der Waals surface area (Å²) in [6, 6.07) is 6.03. The van der Waals surface area contributed by atoms with Crippen molar-refractivity contribution in [2.75, 3.05) is 18.1 Å². The van der Waals surface area contributed by atoms with Gasteiger partial charge in [0.1, 0.15) is 0 Å². The number of nitrogens with one attached hydrogen (secondary N) is 1. The predicted octanol–water partition coefficient (Wildman–Crippen LogP) is 3.96. The van der Waals surface area contributed by atoms with Crippen molar-refractivity contribution in [3.8, 4) is 11.4 Å². The molecule has 0 spiro atoms. The summed E-state index contributed by atoms with van der Waals surface area (Å²) in [5, 5.41) is 8.26. The van der Waals surface area contributed by atoms with Gasteiger partial charge >= 0.3 is 0 Å². The van der Waals surface area contributed by atoms with E-state index in [1.807, 2.05) is 30.0 Å². The van der Waals surface area contributed by atoms with Gasteiger partial charge in [-0.05, 0) is 40.7 Å². The number of aromatic nitrogens is 2. The van der Waals surface area contributed by atoms with Crippen LogP contribution in [0.1, 0.15) is 18.7 Å². The Balaban J connectivity index is 1.84. The second-order valence-corrected chi connectivity index (χ2v) is 7.23. The molecule has 1 N–H and O–H groups in total. The van der Waals surface area contributed by atoms with E-state index in [1.165, 1.54) is 0 Å². The monoisotopic (exact) mass is 387 g/mol. The van der Waals surface area contributed by atoms with E-state index in [1.54, 1.807) is 0 Å². The number of likely N-dealkylation sites (N-methyl/N-ethyl adjacent to an activating group) is 1. The van der Waals surface area contributed by atoms with Crippen LogP contribution in [0.25, 0.3) is 11.4 Å². The molecule has 112 valence electrons. The van der Waals surface area contributed by atoms with Crippen LogP contribution >= 0.6 is 39.3 Å². The maximum Gasteiger partial charge on any atom is 0.232 e. The van der Waals surface area contributed by atoms with E-state index in [0.717, 1.165) is 28.1 Å². The molecule has 1 aromatic carbocycles. The smallest absolute Gasteiger partial charge is 0.232 e. The van der Waals surface area contributed by atoms with Crippen LogP contribution < -0.4 is 5.32 Å². The van der Waals surface area contributed by atoms with Crippen molar-refractivity contribution < 1.29 is 4.52 Å². The molecule has 0 amide bonds. The van der Waals surface area contributed by atoms with E-state index < -0.39 is 0 Å². The standard InChI is InChI=1S/C14H15BrClN3OS/c1-2-17-12-7-21-6-9(12)14-18-13(19-20-14)8-3-4-11(16)10(15)5-8/h3-5,9,12,17H,2,6-7H2,1H3. The summed E-state index contributed by atoms with van der Waals surface area (Å²) in [5.74, 6) is 3.71. The van der Waals surface area contributed by atoms with Gasteiger partial charge in [0.05, 0.1) is 10.9 Å². The number of nitrogens with zero attached hydrogens (tertiary/aromatic N) is 2. The lowest BCUT2D eigenvalue weighted by Crippen LogP contribution is -2.34. The fraction of sp³-hybridized carbons (Fsp3) is 0.429. The van der Waals surface area contributed by atoms with E-state index in [4.69, 9.17) is 16.1 Å². The second kappa shape index (κ2) is 6.69. The molecule has 4 nitrogen and oxygen atoms in total. The minimum Gasteiger partial charge on any atom is -0.339 e. The molecule has 2 aromatic rings. The number of halogens is 2. The molecule has 2 atom stereocenters.